The van der Waals surface area contributed by atoms with Gasteiger partial charge in [-0.05, 0) is 20.3 Å². The Morgan fingerprint density at radius 2 is 1.86 bits per heavy atom. The van der Waals surface area contributed by atoms with Crippen LogP contribution in [0.2, 0.25) is 0 Å². The van der Waals surface area contributed by atoms with Gasteiger partial charge in [0.15, 0.2) is 23.3 Å². The summed E-state index contributed by atoms with van der Waals surface area (Å²) in [5.41, 5.74) is 0. The van der Waals surface area contributed by atoms with E-state index in [-0.39, 0.29) is 11.6 Å². The van der Waals surface area contributed by atoms with Crippen LogP contribution in [0.25, 0.3) is 0 Å². The first-order valence-electron chi connectivity index (χ1n) is 7.61. The van der Waals surface area contributed by atoms with Gasteiger partial charge >= 0.3 is 0 Å². The second-order valence-electron chi connectivity index (χ2n) is 5.67. The molecule has 1 N–H and O–H groups in total. The number of pyridine rings is 1. The number of nitrogens with zero attached hydrogens (tertiary/aromatic N) is 3. The Balaban J connectivity index is 2.12. The van der Waals surface area contributed by atoms with Gasteiger partial charge in [-0.2, -0.15) is 0 Å². The lowest BCUT2D eigenvalue weighted by Crippen LogP contribution is -2.49. The van der Waals surface area contributed by atoms with Gasteiger partial charge in [0.1, 0.15) is 0 Å². The first-order valence-corrected chi connectivity index (χ1v) is 7.61. The van der Waals surface area contributed by atoms with Gasteiger partial charge in [0, 0.05) is 44.8 Å². The quantitative estimate of drug-likeness (QED) is 0.905. The number of hydrogen-bond donors (Lipinski definition) is 1. The summed E-state index contributed by atoms with van der Waals surface area (Å²) in [5.74, 6) is -0.837. The molecule has 0 aliphatic carbocycles. The predicted octanol–water partition coefficient (Wildman–Crippen LogP) is 2.71. The molecule has 6 heteroatoms. The largest absolute Gasteiger partial charge is 0.368 e. The molecule has 1 aliphatic rings. The van der Waals surface area contributed by atoms with E-state index in [0.717, 1.165) is 25.6 Å². The highest BCUT2D eigenvalue weighted by Gasteiger charge is 2.23. The molecule has 1 saturated heterocycles. The third-order valence-corrected chi connectivity index (χ3v) is 3.80. The van der Waals surface area contributed by atoms with Crippen LogP contribution in [-0.4, -0.2) is 48.6 Å². The molecule has 0 amide bonds. The zero-order valence-electron chi connectivity index (χ0n) is 13.0. The van der Waals surface area contributed by atoms with Crippen molar-refractivity contribution < 1.29 is 8.78 Å². The lowest BCUT2D eigenvalue weighted by molar-refractivity contribution is 0.208. The molecule has 0 saturated carbocycles. The summed E-state index contributed by atoms with van der Waals surface area (Å²) < 4.78 is 27.7. The average molecular weight is 298 g/mol. The lowest BCUT2D eigenvalue weighted by atomic mass is 10.2. The second kappa shape index (κ2) is 7.02. The molecule has 1 fully saturated rings. The van der Waals surface area contributed by atoms with E-state index < -0.39 is 11.6 Å². The molecule has 1 aromatic heterocycles. The summed E-state index contributed by atoms with van der Waals surface area (Å²) in [7, 11) is 0. The molecule has 0 atom stereocenters. The number of hydrogen-bond acceptors (Lipinski definition) is 4. The fourth-order valence-electron chi connectivity index (χ4n) is 2.50. The lowest BCUT2D eigenvalue weighted by Gasteiger charge is -2.37. The first kappa shape index (κ1) is 15.9. The topological polar surface area (TPSA) is 31.4 Å². The van der Waals surface area contributed by atoms with Crippen molar-refractivity contribution in [1.29, 1.82) is 0 Å². The van der Waals surface area contributed by atoms with Crippen LogP contribution in [0.1, 0.15) is 27.2 Å². The molecule has 1 aromatic rings. The van der Waals surface area contributed by atoms with Gasteiger partial charge < -0.3 is 10.2 Å². The van der Waals surface area contributed by atoms with E-state index in [0.29, 0.717) is 25.7 Å². The summed E-state index contributed by atoms with van der Waals surface area (Å²) in [6.45, 7) is 10.1. The van der Waals surface area contributed by atoms with Crippen LogP contribution in [0.5, 0.6) is 0 Å². The molecular weight excluding hydrogens is 274 g/mol. The van der Waals surface area contributed by atoms with E-state index in [4.69, 9.17) is 0 Å². The Hall–Kier alpha value is -1.43. The SMILES string of the molecule is CCCNc1nc(N2CCN(C(C)C)CC2)c(F)cc1F. The van der Waals surface area contributed by atoms with E-state index in [1.165, 1.54) is 0 Å². The van der Waals surface area contributed by atoms with Crippen molar-refractivity contribution in [3.05, 3.63) is 17.7 Å². The Morgan fingerprint density at radius 1 is 1.19 bits per heavy atom. The van der Waals surface area contributed by atoms with Gasteiger partial charge in [0.25, 0.3) is 0 Å². The average Bonchev–Trinajstić information content (AvgIpc) is 2.46. The molecule has 0 unspecified atom stereocenters. The molecule has 0 aromatic carbocycles. The van der Waals surface area contributed by atoms with Crippen LogP contribution in [0.4, 0.5) is 20.4 Å². The van der Waals surface area contributed by atoms with Crippen molar-refractivity contribution >= 4 is 11.6 Å². The predicted molar refractivity (Wildman–Crippen MR) is 81.9 cm³/mol. The van der Waals surface area contributed by atoms with Crippen molar-refractivity contribution in [2.75, 3.05) is 42.9 Å². The van der Waals surface area contributed by atoms with Crippen LogP contribution in [-0.2, 0) is 0 Å². The molecule has 4 nitrogen and oxygen atoms in total. The Kier molecular flexibility index (Phi) is 5.33. The number of aromatic nitrogens is 1. The normalized spacial score (nSPS) is 16.6. The Morgan fingerprint density at radius 3 is 2.43 bits per heavy atom. The molecular formula is C15H24F2N4. The van der Waals surface area contributed by atoms with Crippen LogP contribution < -0.4 is 10.2 Å². The number of rotatable bonds is 5. The van der Waals surface area contributed by atoms with Crippen molar-refractivity contribution in [1.82, 2.24) is 9.88 Å². The third kappa shape index (κ3) is 3.81. The standard InChI is InChI=1S/C15H24F2N4/c1-4-5-18-14-12(16)10-13(17)15(19-14)21-8-6-20(7-9-21)11(2)3/h10-11H,4-9H2,1-3H3,(H,18,19). The van der Waals surface area contributed by atoms with E-state index in [9.17, 15) is 8.78 Å². The molecule has 21 heavy (non-hydrogen) atoms. The maximum absolute atomic E-state index is 14.0. The van der Waals surface area contributed by atoms with Crippen LogP contribution in [0.15, 0.2) is 6.07 Å². The highest BCUT2D eigenvalue weighted by molar-refractivity contribution is 5.49. The Labute approximate surface area is 125 Å². The molecule has 0 bridgehead atoms. The van der Waals surface area contributed by atoms with Gasteiger partial charge in [0.2, 0.25) is 0 Å². The zero-order chi connectivity index (χ0) is 15.4. The van der Waals surface area contributed by atoms with Gasteiger partial charge in [0.05, 0.1) is 0 Å². The number of nitrogens with one attached hydrogen (secondary N) is 1. The zero-order valence-corrected chi connectivity index (χ0v) is 13.0. The van der Waals surface area contributed by atoms with Crippen LogP contribution >= 0.6 is 0 Å². The minimum absolute atomic E-state index is 0.138. The van der Waals surface area contributed by atoms with E-state index in [1.807, 2.05) is 11.8 Å². The van der Waals surface area contributed by atoms with Gasteiger partial charge in [-0.3, -0.25) is 4.90 Å². The maximum atomic E-state index is 14.0. The monoisotopic (exact) mass is 298 g/mol. The maximum Gasteiger partial charge on any atom is 0.168 e. The highest BCUT2D eigenvalue weighted by Crippen LogP contribution is 2.23. The first-order chi connectivity index (χ1) is 10.0. The third-order valence-electron chi connectivity index (χ3n) is 3.80. The summed E-state index contributed by atoms with van der Waals surface area (Å²) in [4.78, 5) is 8.38. The molecule has 118 valence electrons. The van der Waals surface area contributed by atoms with Crippen LogP contribution in [0.3, 0.4) is 0 Å². The molecule has 2 rings (SSSR count). The van der Waals surface area contributed by atoms with Crippen molar-refractivity contribution in [2.45, 2.75) is 33.2 Å². The fourth-order valence-corrected chi connectivity index (χ4v) is 2.50. The van der Waals surface area contributed by atoms with E-state index in [2.05, 4.69) is 29.0 Å². The number of piperazine rings is 1. The van der Waals surface area contributed by atoms with Gasteiger partial charge in [-0.25, -0.2) is 13.8 Å². The molecule has 0 radical (unpaired) electrons. The van der Waals surface area contributed by atoms with Crippen molar-refractivity contribution in [3.63, 3.8) is 0 Å². The van der Waals surface area contributed by atoms with E-state index >= 15 is 0 Å². The minimum Gasteiger partial charge on any atom is -0.368 e. The molecule has 1 aliphatic heterocycles. The summed E-state index contributed by atoms with van der Waals surface area (Å²) >= 11 is 0. The molecule has 0 spiro atoms. The molecule has 2 heterocycles. The van der Waals surface area contributed by atoms with Crippen LogP contribution in [0, 0.1) is 11.6 Å². The minimum atomic E-state index is -0.634. The smallest absolute Gasteiger partial charge is 0.168 e. The van der Waals surface area contributed by atoms with Crippen molar-refractivity contribution in [2.24, 2.45) is 0 Å². The van der Waals surface area contributed by atoms with E-state index in [1.54, 1.807) is 0 Å². The number of anilines is 2. The fraction of sp³-hybridized carbons (Fsp3) is 0.667. The summed E-state index contributed by atoms with van der Waals surface area (Å²) in [5, 5.41) is 2.91. The Bertz CT molecular complexity index is 471. The summed E-state index contributed by atoms with van der Waals surface area (Å²) in [6.07, 6.45) is 0.862. The van der Waals surface area contributed by atoms with Gasteiger partial charge in [-0.15, -0.1) is 0 Å². The summed E-state index contributed by atoms with van der Waals surface area (Å²) in [6, 6.07) is 1.41. The second-order valence-corrected chi connectivity index (χ2v) is 5.67. The highest BCUT2D eigenvalue weighted by atomic mass is 19.1. The van der Waals surface area contributed by atoms with Crippen molar-refractivity contribution in [3.8, 4) is 0 Å². The number of halogens is 2. The van der Waals surface area contributed by atoms with Gasteiger partial charge in [-0.1, -0.05) is 6.92 Å².